The molecule has 74 valence electrons. The number of nitrogen functional groups attached to an aromatic ring is 1. The molecule has 0 aromatic heterocycles. The zero-order valence-electron chi connectivity index (χ0n) is 8.42. The summed E-state index contributed by atoms with van der Waals surface area (Å²) in [5.41, 5.74) is 8.74. The minimum atomic E-state index is 0.826. The van der Waals surface area contributed by atoms with E-state index in [9.17, 15) is 0 Å². The highest BCUT2D eigenvalue weighted by Crippen LogP contribution is 2.26. The summed E-state index contributed by atoms with van der Waals surface area (Å²) in [5.74, 6) is 0.851. The Labute approximate surface area is 89.7 Å². The molecule has 0 unspecified atom stereocenters. The molecule has 2 N–H and O–H groups in total. The number of anilines is 1. The molecule has 0 atom stereocenters. The van der Waals surface area contributed by atoms with E-state index in [2.05, 4.69) is 13.2 Å². The van der Waals surface area contributed by atoms with Gasteiger partial charge < -0.3 is 5.73 Å². The standard InChI is InChI=1S/C12H15NS/c1-9(2)10(3)8-14-12-7-5-4-6-11(12)13/h4-7H,1,3,8,13H2,2H3. The average Bonchev–Trinajstić information content (AvgIpc) is 2.16. The van der Waals surface area contributed by atoms with Crippen LogP contribution in [0.5, 0.6) is 0 Å². The minimum Gasteiger partial charge on any atom is -0.398 e. The Morgan fingerprint density at radius 1 is 1.36 bits per heavy atom. The van der Waals surface area contributed by atoms with E-state index in [0.717, 1.165) is 27.5 Å². The molecule has 0 aliphatic carbocycles. The van der Waals surface area contributed by atoms with Gasteiger partial charge in [0.25, 0.3) is 0 Å². The zero-order chi connectivity index (χ0) is 10.6. The summed E-state index contributed by atoms with van der Waals surface area (Å²) >= 11 is 1.70. The lowest BCUT2D eigenvalue weighted by Crippen LogP contribution is -1.90. The molecule has 0 saturated heterocycles. The Bertz CT molecular complexity index is 355. The highest BCUT2D eigenvalue weighted by atomic mass is 32.2. The van der Waals surface area contributed by atoms with Crippen molar-refractivity contribution >= 4 is 17.4 Å². The van der Waals surface area contributed by atoms with Crippen molar-refractivity contribution in [1.29, 1.82) is 0 Å². The number of thioether (sulfide) groups is 1. The Morgan fingerprint density at radius 3 is 2.57 bits per heavy atom. The first-order chi connectivity index (χ1) is 6.61. The molecule has 14 heavy (non-hydrogen) atoms. The fourth-order valence-electron chi connectivity index (χ4n) is 0.900. The highest BCUT2D eigenvalue weighted by molar-refractivity contribution is 7.99. The van der Waals surface area contributed by atoms with Crippen molar-refractivity contribution in [3.63, 3.8) is 0 Å². The number of para-hydroxylation sites is 1. The molecular formula is C12H15NS. The third-order valence-corrected chi connectivity index (χ3v) is 3.10. The largest absolute Gasteiger partial charge is 0.398 e. The van der Waals surface area contributed by atoms with E-state index in [-0.39, 0.29) is 0 Å². The van der Waals surface area contributed by atoms with Crippen LogP contribution in [0.25, 0.3) is 0 Å². The molecule has 1 aromatic carbocycles. The van der Waals surface area contributed by atoms with Gasteiger partial charge in [0.05, 0.1) is 0 Å². The third-order valence-electron chi connectivity index (χ3n) is 1.92. The fraction of sp³-hybridized carbons (Fsp3) is 0.167. The van der Waals surface area contributed by atoms with E-state index in [1.165, 1.54) is 0 Å². The number of hydrogen-bond donors (Lipinski definition) is 1. The normalized spacial score (nSPS) is 9.79. The second-order valence-corrected chi connectivity index (χ2v) is 4.23. The average molecular weight is 205 g/mol. The van der Waals surface area contributed by atoms with Crippen LogP contribution in [-0.4, -0.2) is 5.75 Å². The van der Waals surface area contributed by atoms with Gasteiger partial charge in [-0.3, -0.25) is 0 Å². The van der Waals surface area contributed by atoms with Crippen molar-refractivity contribution in [3.05, 3.63) is 48.6 Å². The van der Waals surface area contributed by atoms with E-state index in [4.69, 9.17) is 5.73 Å². The molecule has 0 spiro atoms. The van der Waals surface area contributed by atoms with Gasteiger partial charge in [0.2, 0.25) is 0 Å². The molecule has 0 amide bonds. The maximum Gasteiger partial charge on any atom is 0.0452 e. The van der Waals surface area contributed by atoms with E-state index in [1.54, 1.807) is 11.8 Å². The van der Waals surface area contributed by atoms with E-state index in [0.29, 0.717) is 0 Å². The lowest BCUT2D eigenvalue weighted by molar-refractivity contribution is 1.38. The van der Waals surface area contributed by atoms with Crippen molar-refractivity contribution in [3.8, 4) is 0 Å². The molecule has 1 rings (SSSR count). The summed E-state index contributed by atoms with van der Waals surface area (Å²) in [7, 11) is 0. The SMILES string of the molecule is C=C(C)C(=C)CSc1ccccc1N. The summed E-state index contributed by atoms with van der Waals surface area (Å²) in [6.07, 6.45) is 0. The van der Waals surface area contributed by atoms with Gasteiger partial charge in [0, 0.05) is 16.3 Å². The first kappa shape index (κ1) is 10.9. The quantitative estimate of drug-likeness (QED) is 0.462. The summed E-state index contributed by atoms with van der Waals surface area (Å²) in [6.45, 7) is 9.75. The summed E-state index contributed by atoms with van der Waals surface area (Å²) in [5, 5.41) is 0. The second-order valence-electron chi connectivity index (χ2n) is 3.21. The van der Waals surface area contributed by atoms with Crippen LogP contribution in [0.3, 0.4) is 0 Å². The van der Waals surface area contributed by atoms with Crippen molar-refractivity contribution in [1.82, 2.24) is 0 Å². The fourth-order valence-corrected chi connectivity index (χ4v) is 1.89. The number of hydrogen-bond acceptors (Lipinski definition) is 2. The van der Waals surface area contributed by atoms with Gasteiger partial charge in [-0.15, -0.1) is 11.8 Å². The van der Waals surface area contributed by atoms with Gasteiger partial charge in [-0.25, -0.2) is 0 Å². The van der Waals surface area contributed by atoms with Crippen molar-refractivity contribution in [2.75, 3.05) is 11.5 Å². The van der Waals surface area contributed by atoms with Crippen LogP contribution < -0.4 is 5.73 Å². The van der Waals surface area contributed by atoms with Gasteiger partial charge >= 0.3 is 0 Å². The zero-order valence-corrected chi connectivity index (χ0v) is 9.23. The van der Waals surface area contributed by atoms with Gasteiger partial charge in [0.15, 0.2) is 0 Å². The predicted octanol–water partition coefficient (Wildman–Crippen LogP) is 3.49. The van der Waals surface area contributed by atoms with E-state index >= 15 is 0 Å². The van der Waals surface area contributed by atoms with Crippen LogP contribution in [-0.2, 0) is 0 Å². The van der Waals surface area contributed by atoms with Crippen LogP contribution in [0.4, 0.5) is 5.69 Å². The molecule has 0 aliphatic heterocycles. The lowest BCUT2D eigenvalue weighted by Gasteiger charge is -2.06. The molecule has 0 aliphatic rings. The van der Waals surface area contributed by atoms with Crippen molar-refractivity contribution < 1.29 is 0 Å². The van der Waals surface area contributed by atoms with Gasteiger partial charge in [-0.2, -0.15) is 0 Å². The molecule has 0 radical (unpaired) electrons. The molecular weight excluding hydrogens is 190 g/mol. The molecule has 0 bridgehead atoms. The van der Waals surface area contributed by atoms with Crippen molar-refractivity contribution in [2.24, 2.45) is 0 Å². The monoisotopic (exact) mass is 205 g/mol. The first-order valence-electron chi connectivity index (χ1n) is 4.42. The van der Waals surface area contributed by atoms with Crippen LogP contribution in [0.15, 0.2) is 53.5 Å². The molecule has 0 heterocycles. The lowest BCUT2D eigenvalue weighted by atomic mass is 10.2. The number of nitrogens with two attached hydrogens (primary N) is 1. The molecule has 0 fully saturated rings. The third kappa shape index (κ3) is 2.96. The molecule has 1 aromatic rings. The Balaban J connectivity index is 2.58. The molecule has 0 saturated carbocycles. The topological polar surface area (TPSA) is 26.0 Å². The smallest absolute Gasteiger partial charge is 0.0452 e. The first-order valence-corrected chi connectivity index (χ1v) is 5.41. The van der Waals surface area contributed by atoms with Crippen LogP contribution >= 0.6 is 11.8 Å². The maximum absolute atomic E-state index is 5.81. The predicted molar refractivity (Wildman–Crippen MR) is 65.5 cm³/mol. The van der Waals surface area contributed by atoms with Crippen molar-refractivity contribution in [2.45, 2.75) is 11.8 Å². The summed E-state index contributed by atoms with van der Waals surface area (Å²) in [6, 6.07) is 7.85. The van der Waals surface area contributed by atoms with Crippen LogP contribution in [0.1, 0.15) is 6.92 Å². The maximum atomic E-state index is 5.81. The summed E-state index contributed by atoms with van der Waals surface area (Å²) < 4.78 is 0. The Hall–Kier alpha value is -1.15. The Morgan fingerprint density at radius 2 is 2.00 bits per heavy atom. The van der Waals surface area contributed by atoms with Gasteiger partial charge in [0.1, 0.15) is 0 Å². The van der Waals surface area contributed by atoms with Gasteiger partial charge in [-0.05, 0) is 24.6 Å². The van der Waals surface area contributed by atoms with Gasteiger partial charge in [-0.1, -0.05) is 30.9 Å². The minimum absolute atomic E-state index is 0.826. The highest BCUT2D eigenvalue weighted by Gasteiger charge is 2.00. The summed E-state index contributed by atoms with van der Waals surface area (Å²) in [4.78, 5) is 1.11. The molecule has 1 nitrogen and oxygen atoms in total. The van der Waals surface area contributed by atoms with E-state index < -0.39 is 0 Å². The number of rotatable bonds is 4. The number of allylic oxidation sites excluding steroid dienone is 1. The van der Waals surface area contributed by atoms with Crippen LogP contribution in [0, 0.1) is 0 Å². The van der Waals surface area contributed by atoms with E-state index in [1.807, 2.05) is 31.2 Å². The van der Waals surface area contributed by atoms with Crippen LogP contribution in [0.2, 0.25) is 0 Å². The second kappa shape index (κ2) is 4.91. The number of benzene rings is 1. The Kier molecular flexibility index (Phi) is 3.84. The molecule has 2 heteroatoms.